The summed E-state index contributed by atoms with van der Waals surface area (Å²) in [6.07, 6.45) is 2.91. The van der Waals surface area contributed by atoms with Gasteiger partial charge in [-0.15, -0.1) is 0 Å². The molecule has 0 spiro atoms. The highest BCUT2D eigenvalue weighted by molar-refractivity contribution is 7.89. The molecule has 0 radical (unpaired) electrons. The third kappa shape index (κ3) is 2.14. The zero-order valence-electron chi connectivity index (χ0n) is 12.8. The molecule has 1 N–H and O–H groups in total. The maximum atomic E-state index is 12.1. The highest BCUT2D eigenvalue weighted by atomic mass is 32.2. The second-order valence-electron chi connectivity index (χ2n) is 6.17. The largest absolute Gasteiger partial charge is 0.391 e. The Bertz CT molecular complexity index is 846. The Morgan fingerprint density at radius 1 is 1.30 bits per heavy atom. The van der Waals surface area contributed by atoms with Crippen LogP contribution in [0.5, 0.6) is 0 Å². The van der Waals surface area contributed by atoms with E-state index in [1.807, 2.05) is 24.4 Å². The Kier molecular flexibility index (Phi) is 3.33. The molecule has 1 saturated heterocycles. The van der Waals surface area contributed by atoms with Gasteiger partial charge in [-0.2, -0.15) is 4.31 Å². The maximum Gasteiger partial charge on any atom is 0.213 e. The van der Waals surface area contributed by atoms with Crippen molar-refractivity contribution in [2.24, 2.45) is 5.92 Å². The van der Waals surface area contributed by atoms with Crippen LogP contribution in [0, 0.1) is 5.92 Å². The molecule has 2 aromatic rings. The van der Waals surface area contributed by atoms with Crippen LogP contribution >= 0.6 is 0 Å². The lowest BCUT2D eigenvalue weighted by molar-refractivity contribution is 0.126. The van der Waals surface area contributed by atoms with Gasteiger partial charge in [0.15, 0.2) is 0 Å². The monoisotopic (exact) mass is 333 g/mol. The van der Waals surface area contributed by atoms with Crippen molar-refractivity contribution in [1.82, 2.24) is 13.9 Å². The molecule has 3 atom stereocenters. The average Bonchev–Trinajstić information content (AvgIpc) is 3.22. The highest BCUT2D eigenvalue weighted by Crippen LogP contribution is 2.45. The third-order valence-electron chi connectivity index (χ3n) is 4.98. The van der Waals surface area contributed by atoms with Gasteiger partial charge < -0.3 is 9.67 Å². The van der Waals surface area contributed by atoms with Crippen LogP contribution in [0.3, 0.4) is 0 Å². The smallest absolute Gasteiger partial charge is 0.213 e. The van der Waals surface area contributed by atoms with Crippen LogP contribution in [0.2, 0.25) is 0 Å². The van der Waals surface area contributed by atoms with E-state index in [1.54, 1.807) is 13.3 Å². The minimum absolute atomic E-state index is 0.0595. The third-order valence-corrected chi connectivity index (χ3v) is 6.80. The van der Waals surface area contributed by atoms with Crippen molar-refractivity contribution in [3.05, 3.63) is 42.4 Å². The number of aliphatic hydroxyl groups excluding tert-OH is 1. The van der Waals surface area contributed by atoms with Crippen molar-refractivity contribution in [3.63, 3.8) is 0 Å². The number of sulfonamides is 1. The van der Waals surface area contributed by atoms with E-state index in [9.17, 15) is 13.5 Å². The number of fused-ring (bicyclic) bond motifs is 3. The first kappa shape index (κ1) is 14.9. The molecule has 3 heterocycles. The SMILES string of the molecule is CCS(=O)(=O)N1CC([C@@H]2c3ccccc3-c3cncn32)[C@H](O)C1. The van der Waals surface area contributed by atoms with Gasteiger partial charge >= 0.3 is 0 Å². The highest BCUT2D eigenvalue weighted by Gasteiger charge is 2.45. The molecule has 2 aliphatic rings. The van der Waals surface area contributed by atoms with E-state index in [0.717, 1.165) is 16.8 Å². The summed E-state index contributed by atoms with van der Waals surface area (Å²) < 4.78 is 27.8. The molecule has 122 valence electrons. The molecule has 1 aromatic carbocycles. The summed E-state index contributed by atoms with van der Waals surface area (Å²) in [4.78, 5) is 4.22. The summed E-state index contributed by atoms with van der Waals surface area (Å²) >= 11 is 0. The maximum absolute atomic E-state index is 12.1. The number of benzene rings is 1. The van der Waals surface area contributed by atoms with Gasteiger partial charge in [-0.3, -0.25) is 0 Å². The van der Waals surface area contributed by atoms with Crippen molar-refractivity contribution >= 4 is 10.0 Å². The van der Waals surface area contributed by atoms with Crippen molar-refractivity contribution in [2.45, 2.75) is 19.1 Å². The van der Waals surface area contributed by atoms with Crippen LogP contribution in [-0.4, -0.2) is 52.3 Å². The van der Waals surface area contributed by atoms with Gasteiger partial charge in [-0.05, 0) is 12.5 Å². The number of aliphatic hydroxyl groups is 1. The van der Waals surface area contributed by atoms with Gasteiger partial charge in [0.1, 0.15) is 0 Å². The van der Waals surface area contributed by atoms with Crippen LogP contribution in [0.4, 0.5) is 0 Å². The molecule has 6 nitrogen and oxygen atoms in total. The number of rotatable bonds is 3. The van der Waals surface area contributed by atoms with Crippen molar-refractivity contribution in [2.75, 3.05) is 18.8 Å². The lowest BCUT2D eigenvalue weighted by atomic mass is 9.90. The predicted octanol–water partition coefficient (Wildman–Crippen LogP) is 1.10. The number of nitrogens with zero attached hydrogens (tertiary/aromatic N) is 3. The summed E-state index contributed by atoms with van der Waals surface area (Å²) in [5.41, 5.74) is 3.26. The zero-order chi connectivity index (χ0) is 16.2. The molecule has 7 heteroatoms. The standard InChI is InChI=1S/C16H19N3O3S/c1-2-23(21,22)18-8-13(15(20)9-18)16-12-6-4-3-5-11(12)14-7-17-10-19(14)16/h3-7,10,13,15-16,20H,2,8-9H2,1H3/t13?,15-,16+/m1/s1. The van der Waals surface area contributed by atoms with E-state index >= 15 is 0 Å². The zero-order valence-corrected chi connectivity index (χ0v) is 13.6. The second kappa shape index (κ2) is 5.15. The molecule has 1 fully saturated rings. The van der Waals surface area contributed by atoms with Crippen molar-refractivity contribution in [3.8, 4) is 11.3 Å². The van der Waals surface area contributed by atoms with Crippen LogP contribution < -0.4 is 0 Å². The number of aromatic nitrogens is 2. The first-order valence-corrected chi connectivity index (χ1v) is 9.41. The average molecular weight is 333 g/mol. The van der Waals surface area contributed by atoms with Gasteiger partial charge in [0.25, 0.3) is 0 Å². The first-order chi connectivity index (χ1) is 11.0. The molecule has 0 bridgehead atoms. The number of imidazole rings is 1. The Morgan fingerprint density at radius 2 is 2.09 bits per heavy atom. The topological polar surface area (TPSA) is 75.4 Å². The minimum Gasteiger partial charge on any atom is -0.391 e. The predicted molar refractivity (Wildman–Crippen MR) is 86.3 cm³/mol. The summed E-state index contributed by atoms with van der Waals surface area (Å²) in [7, 11) is -3.29. The summed E-state index contributed by atoms with van der Waals surface area (Å²) in [5, 5.41) is 10.5. The minimum atomic E-state index is -3.29. The molecule has 0 amide bonds. The lowest BCUT2D eigenvalue weighted by Crippen LogP contribution is -2.31. The molecule has 4 rings (SSSR count). The lowest BCUT2D eigenvalue weighted by Gasteiger charge is -2.24. The fraction of sp³-hybridized carbons (Fsp3) is 0.438. The number of β-amino-alcohol motifs (C(OH)–C–C–N with tert-alkyl or cyclic N) is 1. The molecule has 0 aliphatic carbocycles. The quantitative estimate of drug-likeness (QED) is 0.912. The van der Waals surface area contributed by atoms with Crippen LogP contribution in [0.15, 0.2) is 36.8 Å². The summed E-state index contributed by atoms with van der Waals surface area (Å²) in [6, 6.07) is 7.99. The van der Waals surface area contributed by atoms with Crippen molar-refractivity contribution in [1.29, 1.82) is 0 Å². The normalized spacial score (nSPS) is 27.1. The van der Waals surface area contributed by atoms with E-state index in [0.29, 0.717) is 6.54 Å². The fourth-order valence-electron chi connectivity index (χ4n) is 3.81. The fourth-order valence-corrected chi connectivity index (χ4v) is 4.95. The van der Waals surface area contributed by atoms with Crippen LogP contribution in [-0.2, 0) is 10.0 Å². The summed E-state index contributed by atoms with van der Waals surface area (Å²) in [6.45, 7) is 2.14. The Balaban J connectivity index is 1.75. The molecule has 1 unspecified atom stereocenters. The molecule has 0 saturated carbocycles. The van der Waals surface area contributed by atoms with Crippen LogP contribution in [0.1, 0.15) is 18.5 Å². The van der Waals surface area contributed by atoms with Crippen LogP contribution in [0.25, 0.3) is 11.3 Å². The van der Waals surface area contributed by atoms with Gasteiger partial charge in [-0.25, -0.2) is 13.4 Å². The first-order valence-electron chi connectivity index (χ1n) is 7.80. The van der Waals surface area contributed by atoms with E-state index in [2.05, 4.69) is 15.6 Å². The van der Waals surface area contributed by atoms with E-state index < -0.39 is 16.1 Å². The van der Waals surface area contributed by atoms with E-state index in [-0.39, 0.29) is 24.3 Å². The Morgan fingerprint density at radius 3 is 2.87 bits per heavy atom. The van der Waals surface area contributed by atoms with E-state index in [1.165, 1.54) is 4.31 Å². The Hall–Kier alpha value is -1.70. The van der Waals surface area contributed by atoms with Gasteiger partial charge in [-0.1, -0.05) is 24.3 Å². The number of hydrogen-bond donors (Lipinski definition) is 1. The second-order valence-corrected chi connectivity index (χ2v) is 8.42. The van der Waals surface area contributed by atoms with Gasteiger partial charge in [0, 0.05) is 24.6 Å². The van der Waals surface area contributed by atoms with Gasteiger partial charge in [0.2, 0.25) is 10.0 Å². The molecule has 2 aliphatic heterocycles. The molecule has 1 aromatic heterocycles. The summed E-state index contributed by atoms with van der Waals surface area (Å²) in [5.74, 6) is -0.114. The van der Waals surface area contributed by atoms with Gasteiger partial charge in [0.05, 0.1) is 36.1 Å². The molecular formula is C16H19N3O3S. The molecule has 23 heavy (non-hydrogen) atoms. The number of hydrogen-bond acceptors (Lipinski definition) is 4. The van der Waals surface area contributed by atoms with E-state index in [4.69, 9.17) is 0 Å². The van der Waals surface area contributed by atoms with Crippen molar-refractivity contribution < 1.29 is 13.5 Å². The Labute approximate surface area is 135 Å². The molecular weight excluding hydrogens is 314 g/mol.